The summed E-state index contributed by atoms with van der Waals surface area (Å²) in [6, 6.07) is 19.0. The fourth-order valence-electron chi connectivity index (χ4n) is 2.00. The molecular weight excluding hydrogens is 242 g/mol. The fourth-order valence-corrected chi connectivity index (χ4v) is 2.13. The molecule has 1 unspecified atom stereocenters. The van der Waals surface area contributed by atoms with Gasteiger partial charge in [0, 0.05) is 17.6 Å². The van der Waals surface area contributed by atoms with Crippen molar-refractivity contribution in [3.63, 3.8) is 0 Å². The summed E-state index contributed by atoms with van der Waals surface area (Å²) in [6.07, 6.45) is 0. The Labute approximate surface area is 114 Å². The largest absolute Gasteiger partial charge is 0.295 e. The van der Waals surface area contributed by atoms with Gasteiger partial charge in [-0.1, -0.05) is 54.1 Å². The maximum atomic E-state index is 5.91. The summed E-state index contributed by atoms with van der Waals surface area (Å²) in [6.45, 7) is 3.16. The zero-order valence-electron chi connectivity index (χ0n) is 10.8. The Kier molecular flexibility index (Phi) is 4.40. The summed E-state index contributed by atoms with van der Waals surface area (Å²) < 4.78 is 0. The first-order valence-corrected chi connectivity index (χ1v) is 6.54. The van der Waals surface area contributed by atoms with E-state index in [1.54, 1.807) is 0 Å². The van der Waals surface area contributed by atoms with Gasteiger partial charge in [0.25, 0.3) is 0 Å². The van der Waals surface area contributed by atoms with E-state index in [0.717, 1.165) is 11.6 Å². The zero-order valence-corrected chi connectivity index (χ0v) is 11.6. The van der Waals surface area contributed by atoms with Crippen LogP contribution in [0, 0.1) is 0 Å². The van der Waals surface area contributed by atoms with Crippen LogP contribution < -0.4 is 0 Å². The number of nitrogens with zero attached hydrogens (tertiary/aromatic N) is 1. The molecule has 0 heterocycles. The quantitative estimate of drug-likeness (QED) is 0.780. The van der Waals surface area contributed by atoms with Gasteiger partial charge < -0.3 is 0 Å². The number of halogens is 1. The first kappa shape index (κ1) is 13.1. The van der Waals surface area contributed by atoms with E-state index >= 15 is 0 Å². The lowest BCUT2D eigenvalue weighted by Crippen LogP contribution is -2.21. The van der Waals surface area contributed by atoms with Crippen molar-refractivity contribution in [2.45, 2.75) is 19.5 Å². The molecule has 0 aliphatic heterocycles. The van der Waals surface area contributed by atoms with Crippen molar-refractivity contribution in [3.8, 4) is 0 Å². The molecule has 0 bridgehead atoms. The minimum Gasteiger partial charge on any atom is -0.295 e. The van der Waals surface area contributed by atoms with E-state index in [0.29, 0.717) is 6.04 Å². The van der Waals surface area contributed by atoms with Gasteiger partial charge in [-0.3, -0.25) is 4.90 Å². The zero-order chi connectivity index (χ0) is 13.0. The highest BCUT2D eigenvalue weighted by Crippen LogP contribution is 2.22. The fraction of sp³-hybridized carbons (Fsp3) is 0.250. The summed E-state index contributed by atoms with van der Waals surface area (Å²) in [5.74, 6) is 0. The van der Waals surface area contributed by atoms with Gasteiger partial charge in [-0.2, -0.15) is 0 Å². The van der Waals surface area contributed by atoms with Crippen LogP contribution in [0.3, 0.4) is 0 Å². The van der Waals surface area contributed by atoms with E-state index in [9.17, 15) is 0 Å². The van der Waals surface area contributed by atoms with Crippen molar-refractivity contribution in [1.29, 1.82) is 0 Å². The molecule has 94 valence electrons. The molecule has 0 fully saturated rings. The van der Waals surface area contributed by atoms with Gasteiger partial charge >= 0.3 is 0 Å². The van der Waals surface area contributed by atoms with Crippen molar-refractivity contribution in [3.05, 3.63) is 70.7 Å². The highest BCUT2D eigenvalue weighted by Gasteiger charge is 2.11. The van der Waals surface area contributed by atoms with Crippen molar-refractivity contribution >= 4 is 11.6 Å². The smallest absolute Gasteiger partial charge is 0.0406 e. The maximum Gasteiger partial charge on any atom is 0.0406 e. The standard InChI is InChI=1S/C16H18ClN/c1-13(15-8-10-16(17)11-9-15)18(2)12-14-6-4-3-5-7-14/h3-11,13H,12H2,1-2H3. The summed E-state index contributed by atoms with van der Waals surface area (Å²) >= 11 is 5.91. The monoisotopic (exact) mass is 259 g/mol. The summed E-state index contributed by atoms with van der Waals surface area (Å²) in [7, 11) is 2.15. The van der Waals surface area contributed by atoms with Crippen LogP contribution in [0.15, 0.2) is 54.6 Å². The van der Waals surface area contributed by atoms with Crippen LogP contribution in [-0.4, -0.2) is 11.9 Å². The molecule has 0 aliphatic rings. The molecular formula is C16H18ClN. The number of benzene rings is 2. The third-order valence-electron chi connectivity index (χ3n) is 3.29. The Morgan fingerprint density at radius 2 is 1.61 bits per heavy atom. The molecule has 0 spiro atoms. The minimum atomic E-state index is 0.377. The Hall–Kier alpha value is -1.31. The lowest BCUT2D eigenvalue weighted by molar-refractivity contribution is 0.253. The van der Waals surface area contributed by atoms with Gasteiger partial charge in [0.2, 0.25) is 0 Å². The van der Waals surface area contributed by atoms with Crippen molar-refractivity contribution in [2.24, 2.45) is 0 Å². The molecule has 0 aliphatic carbocycles. The molecule has 2 aromatic carbocycles. The van der Waals surface area contributed by atoms with Gasteiger partial charge in [-0.05, 0) is 37.2 Å². The van der Waals surface area contributed by atoms with E-state index in [-0.39, 0.29) is 0 Å². The molecule has 0 N–H and O–H groups in total. The van der Waals surface area contributed by atoms with Crippen LogP contribution in [-0.2, 0) is 6.54 Å². The van der Waals surface area contributed by atoms with Crippen LogP contribution >= 0.6 is 11.6 Å². The Balaban J connectivity index is 2.05. The third kappa shape index (κ3) is 3.34. The van der Waals surface area contributed by atoms with Gasteiger partial charge in [0.1, 0.15) is 0 Å². The average molecular weight is 260 g/mol. The number of hydrogen-bond donors (Lipinski definition) is 0. The molecule has 18 heavy (non-hydrogen) atoms. The predicted octanol–water partition coefficient (Wildman–Crippen LogP) is 4.53. The highest BCUT2D eigenvalue weighted by atomic mass is 35.5. The van der Waals surface area contributed by atoms with Gasteiger partial charge in [-0.25, -0.2) is 0 Å². The topological polar surface area (TPSA) is 3.24 Å². The Morgan fingerprint density at radius 3 is 2.22 bits per heavy atom. The SMILES string of the molecule is CC(c1ccc(Cl)cc1)N(C)Cc1ccccc1. The second-order valence-electron chi connectivity index (χ2n) is 4.63. The van der Waals surface area contributed by atoms with Gasteiger partial charge in [0.15, 0.2) is 0 Å². The molecule has 0 amide bonds. The van der Waals surface area contributed by atoms with Crippen molar-refractivity contribution in [2.75, 3.05) is 7.05 Å². The maximum absolute atomic E-state index is 5.91. The van der Waals surface area contributed by atoms with Crippen LogP contribution in [0.2, 0.25) is 5.02 Å². The second kappa shape index (κ2) is 6.03. The first-order valence-electron chi connectivity index (χ1n) is 6.16. The molecule has 0 aromatic heterocycles. The number of hydrogen-bond acceptors (Lipinski definition) is 1. The molecule has 2 aromatic rings. The van der Waals surface area contributed by atoms with Crippen LogP contribution in [0.25, 0.3) is 0 Å². The Morgan fingerprint density at radius 1 is 1.00 bits per heavy atom. The van der Waals surface area contributed by atoms with E-state index < -0.39 is 0 Å². The van der Waals surface area contributed by atoms with Crippen LogP contribution in [0.1, 0.15) is 24.1 Å². The summed E-state index contributed by atoms with van der Waals surface area (Å²) in [4.78, 5) is 2.33. The lowest BCUT2D eigenvalue weighted by Gasteiger charge is -2.25. The summed E-state index contributed by atoms with van der Waals surface area (Å²) in [5.41, 5.74) is 2.62. The molecule has 2 rings (SSSR count). The van der Waals surface area contributed by atoms with E-state index in [2.05, 4.69) is 55.3 Å². The third-order valence-corrected chi connectivity index (χ3v) is 3.54. The average Bonchev–Trinajstić information content (AvgIpc) is 2.40. The van der Waals surface area contributed by atoms with Gasteiger partial charge in [-0.15, -0.1) is 0 Å². The number of rotatable bonds is 4. The van der Waals surface area contributed by atoms with E-state index in [1.165, 1.54) is 11.1 Å². The van der Waals surface area contributed by atoms with Crippen LogP contribution in [0.5, 0.6) is 0 Å². The first-order chi connectivity index (χ1) is 8.66. The predicted molar refractivity (Wildman–Crippen MR) is 77.8 cm³/mol. The van der Waals surface area contributed by atoms with Gasteiger partial charge in [0.05, 0.1) is 0 Å². The summed E-state index contributed by atoms with van der Waals surface area (Å²) in [5, 5.41) is 0.789. The van der Waals surface area contributed by atoms with E-state index in [4.69, 9.17) is 11.6 Å². The molecule has 1 atom stereocenters. The van der Waals surface area contributed by atoms with Crippen molar-refractivity contribution in [1.82, 2.24) is 4.90 Å². The van der Waals surface area contributed by atoms with Crippen molar-refractivity contribution < 1.29 is 0 Å². The van der Waals surface area contributed by atoms with Crippen LogP contribution in [0.4, 0.5) is 0 Å². The molecule has 2 heteroatoms. The second-order valence-corrected chi connectivity index (χ2v) is 5.06. The highest BCUT2D eigenvalue weighted by molar-refractivity contribution is 6.30. The normalized spacial score (nSPS) is 12.7. The molecule has 0 saturated heterocycles. The van der Waals surface area contributed by atoms with E-state index in [1.807, 2.05) is 18.2 Å². The molecule has 1 nitrogen and oxygen atoms in total. The molecule has 0 saturated carbocycles. The molecule has 0 radical (unpaired) electrons. The lowest BCUT2D eigenvalue weighted by atomic mass is 10.1. The Bertz CT molecular complexity index is 478. The minimum absolute atomic E-state index is 0.377.